The minimum absolute atomic E-state index is 0.0703. The molecule has 2 aromatic heterocycles. The van der Waals surface area contributed by atoms with Crippen molar-refractivity contribution in [2.24, 2.45) is 0 Å². The number of nitrogen functional groups attached to an aromatic ring is 1. The number of aryl methyl sites for hydroxylation is 1. The molecule has 0 saturated carbocycles. The van der Waals surface area contributed by atoms with Crippen molar-refractivity contribution >= 4 is 28.9 Å². The molecular formula is C23H29N7O3. The smallest absolute Gasteiger partial charge is 0.244 e. The summed E-state index contributed by atoms with van der Waals surface area (Å²) < 4.78 is 7.16. The van der Waals surface area contributed by atoms with E-state index in [1.54, 1.807) is 36.6 Å². The van der Waals surface area contributed by atoms with Gasteiger partial charge in [-0.3, -0.25) is 19.3 Å². The number of nitrogens with two attached hydrogens (primary N) is 1. The summed E-state index contributed by atoms with van der Waals surface area (Å²) in [6, 6.07) is 9.51. The maximum Gasteiger partial charge on any atom is 0.244 e. The second-order valence-electron chi connectivity index (χ2n) is 7.64. The van der Waals surface area contributed by atoms with Gasteiger partial charge in [0.05, 0.1) is 36.0 Å². The highest BCUT2D eigenvalue weighted by molar-refractivity contribution is 5.90. The van der Waals surface area contributed by atoms with E-state index in [9.17, 15) is 9.59 Å². The van der Waals surface area contributed by atoms with Crippen LogP contribution in [0.3, 0.4) is 0 Å². The molecule has 3 rings (SSSR count). The van der Waals surface area contributed by atoms with Crippen molar-refractivity contribution in [3.05, 3.63) is 60.7 Å². The first-order valence-corrected chi connectivity index (χ1v) is 10.6. The predicted octanol–water partition coefficient (Wildman–Crippen LogP) is 2.15. The van der Waals surface area contributed by atoms with Gasteiger partial charge >= 0.3 is 0 Å². The molecule has 0 unspecified atom stereocenters. The lowest BCUT2D eigenvalue weighted by Crippen LogP contribution is -2.33. The van der Waals surface area contributed by atoms with Crippen LogP contribution in [-0.2, 0) is 16.1 Å². The summed E-state index contributed by atoms with van der Waals surface area (Å²) >= 11 is 0. The number of likely N-dealkylation sites (N-methyl/N-ethyl adjacent to an activating group) is 1. The Morgan fingerprint density at radius 3 is 2.70 bits per heavy atom. The zero-order valence-corrected chi connectivity index (χ0v) is 18.8. The number of pyridine rings is 1. The molecule has 0 bridgehead atoms. The number of rotatable bonds is 11. The molecule has 2 heterocycles. The molecule has 4 N–H and O–H groups in total. The number of aromatic nitrogens is 3. The Morgan fingerprint density at radius 1 is 1.15 bits per heavy atom. The molecule has 10 nitrogen and oxygen atoms in total. The summed E-state index contributed by atoms with van der Waals surface area (Å²) in [5.74, 6) is 0.493. The number of anilines is 3. The predicted molar refractivity (Wildman–Crippen MR) is 127 cm³/mol. The van der Waals surface area contributed by atoms with Crippen molar-refractivity contribution in [3.63, 3.8) is 0 Å². The first-order valence-electron chi connectivity index (χ1n) is 10.6. The lowest BCUT2D eigenvalue weighted by Gasteiger charge is -2.17. The average molecular weight is 452 g/mol. The minimum atomic E-state index is -0.171. The molecule has 33 heavy (non-hydrogen) atoms. The van der Waals surface area contributed by atoms with E-state index in [2.05, 4.69) is 20.7 Å². The molecule has 0 aliphatic carbocycles. The number of carbonyl (C=O) groups is 2. The first-order chi connectivity index (χ1) is 15.9. The summed E-state index contributed by atoms with van der Waals surface area (Å²) in [7, 11) is 1.72. The fourth-order valence-electron chi connectivity index (χ4n) is 2.93. The molecule has 0 fully saturated rings. The van der Waals surface area contributed by atoms with Crippen LogP contribution in [0.5, 0.6) is 5.75 Å². The van der Waals surface area contributed by atoms with Gasteiger partial charge in [-0.15, -0.1) is 0 Å². The third kappa shape index (κ3) is 7.84. The van der Waals surface area contributed by atoms with Crippen LogP contribution in [0.4, 0.5) is 17.1 Å². The summed E-state index contributed by atoms with van der Waals surface area (Å²) in [6.45, 7) is 3.36. The van der Waals surface area contributed by atoms with Gasteiger partial charge in [-0.05, 0) is 25.1 Å². The van der Waals surface area contributed by atoms with Crippen molar-refractivity contribution < 1.29 is 14.3 Å². The number of benzene rings is 1. The van der Waals surface area contributed by atoms with Gasteiger partial charge in [0.2, 0.25) is 11.8 Å². The van der Waals surface area contributed by atoms with Gasteiger partial charge in [-0.2, -0.15) is 5.10 Å². The molecule has 0 atom stereocenters. The zero-order chi connectivity index (χ0) is 23.6. The van der Waals surface area contributed by atoms with Crippen molar-refractivity contribution in [1.82, 2.24) is 19.7 Å². The van der Waals surface area contributed by atoms with E-state index in [1.807, 2.05) is 31.2 Å². The Balaban J connectivity index is 1.36. The van der Waals surface area contributed by atoms with Crippen LogP contribution < -0.4 is 21.1 Å². The molecule has 0 saturated heterocycles. The molecule has 1 aromatic carbocycles. The van der Waals surface area contributed by atoms with E-state index in [-0.39, 0.29) is 24.8 Å². The van der Waals surface area contributed by atoms with E-state index in [0.29, 0.717) is 31.1 Å². The SMILES string of the molecule is Cc1ccc(OCCN(C)C(=O)Cn2cc(NC(=O)CCNc3cncc(N)c3)cn2)cc1. The maximum atomic E-state index is 12.4. The number of nitrogens with zero attached hydrogens (tertiary/aromatic N) is 4. The van der Waals surface area contributed by atoms with Crippen LogP contribution in [0, 0.1) is 6.92 Å². The molecule has 0 aliphatic rings. The third-order valence-electron chi connectivity index (χ3n) is 4.80. The monoisotopic (exact) mass is 451 g/mol. The summed E-state index contributed by atoms with van der Waals surface area (Å²) in [6.07, 6.45) is 6.59. The van der Waals surface area contributed by atoms with Gasteiger partial charge in [-0.1, -0.05) is 17.7 Å². The second-order valence-corrected chi connectivity index (χ2v) is 7.64. The average Bonchev–Trinajstić information content (AvgIpc) is 3.21. The van der Waals surface area contributed by atoms with Gasteiger partial charge < -0.3 is 26.0 Å². The highest BCUT2D eigenvalue weighted by Crippen LogP contribution is 2.12. The highest BCUT2D eigenvalue weighted by atomic mass is 16.5. The van der Waals surface area contributed by atoms with E-state index in [4.69, 9.17) is 10.5 Å². The number of hydrogen-bond donors (Lipinski definition) is 3. The largest absolute Gasteiger partial charge is 0.492 e. The van der Waals surface area contributed by atoms with Crippen LogP contribution in [0.25, 0.3) is 0 Å². The Labute approximate surface area is 192 Å². The van der Waals surface area contributed by atoms with Crippen molar-refractivity contribution in [2.45, 2.75) is 19.9 Å². The summed E-state index contributed by atoms with van der Waals surface area (Å²) in [5, 5.41) is 10.0. The van der Waals surface area contributed by atoms with E-state index in [0.717, 1.165) is 17.0 Å². The molecule has 0 aliphatic heterocycles. The summed E-state index contributed by atoms with van der Waals surface area (Å²) in [5.41, 5.74) is 8.67. The Hall–Kier alpha value is -4.08. The fraction of sp³-hybridized carbons (Fsp3) is 0.304. The Bertz CT molecular complexity index is 1070. The van der Waals surface area contributed by atoms with E-state index >= 15 is 0 Å². The number of ether oxygens (including phenoxy) is 1. The molecule has 0 spiro atoms. The molecule has 10 heteroatoms. The third-order valence-corrected chi connectivity index (χ3v) is 4.80. The van der Waals surface area contributed by atoms with Gasteiger partial charge in [0, 0.05) is 32.4 Å². The maximum absolute atomic E-state index is 12.4. The van der Waals surface area contributed by atoms with Crippen LogP contribution in [0.15, 0.2) is 55.1 Å². The highest BCUT2D eigenvalue weighted by Gasteiger charge is 2.11. The Morgan fingerprint density at radius 2 is 1.94 bits per heavy atom. The minimum Gasteiger partial charge on any atom is -0.492 e. The first kappa shape index (κ1) is 23.6. The van der Waals surface area contributed by atoms with Crippen LogP contribution in [0.2, 0.25) is 0 Å². The van der Waals surface area contributed by atoms with Crippen LogP contribution >= 0.6 is 0 Å². The molecule has 3 aromatic rings. The normalized spacial score (nSPS) is 10.5. The number of amides is 2. The fourth-order valence-corrected chi connectivity index (χ4v) is 2.93. The van der Waals surface area contributed by atoms with Gasteiger partial charge in [-0.25, -0.2) is 0 Å². The number of carbonyl (C=O) groups excluding carboxylic acids is 2. The molecule has 174 valence electrons. The number of nitrogens with one attached hydrogen (secondary N) is 2. The van der Waals surface area contributed by atoms with Crippen LogP contribution in [0.1, 0.15) is 12.0 Å². The van der Waals surface area contributed by atoms with Gasteiger partial charge in [0.1, 0.15) is 18.9 Å². The van der Waals surface area contributed by atoms with E-state index < -0.39 is 0 Å². The van der Waals surface area contributed by atoms with Crippen molar-refractivity contribution in [3.8, 4) is 5.75 Å². The van der Waals surface area contributed by atoms with E-state index in [1.165, 1.54) is 10.9 Å². The second kappa shape index (κ2) is 11.5. The molecular weight excluding hydrogens is 422 g/mol. The topological polar surface area (TPSA) is 127 Å². The standard InChI is InChI=1S/C23H29N7O3/c1-17-3-5-21(6-4-17)33-10-9-29(2)23(32)16-30-15-20(14-27-30)28-22(31)7-8-26-19-11-18(24)12-25-13-19/h3-6,11-15,26H,7-10,16,24H2,1-2H3,(H,28,31). The Kier molecular flexibility index (Phi) is 8.23. The zero-order valence-electron chi connectivity index (χ0n) is 18.8. The van der Waals surface area contributed by atoms with Crippen molar-refractivity contribution in [1.29, 1.82) is 0 Å². The lowest BCUT2D eigenvalue weighted by molar-refractivity contribution is -0.131. The number of hydrogen-bond acceptors (Lipinski definition) is 7. The van der Waals surface area contributed by atoms with Crippen molar-refractivity contribution in [2.75, 3.05) is 43.1 Å². The summed E-state index contributed by atoms with van der Waals surface area (Å²) in [4.78, 5) is 30.1. The lowest BCUT2D eigenvalue weighted by atomic mass is 10.2. The quantitative estimate of drug-likeness (QED) is 0.408. The molecule has 0 radical (unpaired) electrons. The van der Waals surface area contributed by atoms with Gasteiger partial charge in [0.25, 0.3) is 0 Å². The van der Waals surface area contributed by atoms with Crippen LogP contribution in [-0.4, -0.2) is 58.2 Å². The van der Waals surface area contributed by atoms with Gasteiger partial charge in [0.15, 0.2) is 0 Å². The molecule has 2 amide bonds.